The van der Waals surface area contributed by atoms with E-state index < -0.39 is 4.92 Å². The lowest BCUT2D eigenvalue weighted by Gasteiger charge is -2.16. The molecule has 0 atom stereocenters. The molecule has 200 valence electrons. The third-order valence-corrected chi connectivity index (χ3v) is 6.11. The molecule has 39 heavy (non-hydrogen) atoms. The molecule has 4 rings (SSSR count). The second kappa shape index (κ2) is 12.0. The minimum Gasteiger partial charge on any atom is -0.493 e. The molecule has 0 saturated carbocycles. The van der Waals surface area contributed by atoms with Crippen LogP contribution in [0.25, 0.3) is 16.8 Å². The first-order chi connectivity index (χ1) is 18.9. The fraction of sp³-hybridized carbons (Fsp3) is 0.172. The lowest BCUT2D eigenvalue weighted by Crippen LogP contribution is -2.11. The average Bonchev–Trinajstić information content (AvgIpc) is 2.96. The number of pyridine rings is 1. The summed E-state index contributed by atoms with van der Waals surface area (Å²) in [5, 5.41) is 15.6. The Balaban J connectivity index is 1.67. The minimum atomic E-state index is -0.476. The average molecular weight is 530 g/mol. The van der Waals surface area contributed by atoms with Crippen LogP contribution in [-0.2, 0) is 11.2 Å². The largest absolute Gasteiger partial charge is 0.493 e. The molecule has 0 aliphatic heterocycles. The van der Waals surface area contributed by atoms with Gasteiger partial charge in [-0.15, -0.1) is 0 Å². The molecule has 0 spiro atoms. The Hall–Kier alpha value is -5.12. The summed E-state index contributed by atoms with van der Waals surface area (Å²) in [7, 11) is 6.22. The number of hydrogen-bond donors (Lipinski definition) is 1. The highest BCUT2D eigenvalue weighted by atomic mass is 16.6. The molecular weight excluding hydrogens is 502 g/mol. The molecule has 1 N–H and O–H groups in total. The highest BCUT2D eigenvalue weighted by Crippen LogP contribution is 2.37. The number of fused-ring (bicyclic) bond motifs is 1. The van der Waals surface area contributed by atoms with E-state index >= 15 is 0 Å². The zero-order valence-electron chi connectivity index (χ0n) is 21.9. The maximum Gasteiger partial charge on any atom is 0.269 e. The number of nitrogens with zero attached hydrogens (tertiary/aromatic N) is 2. The number of anilines is 1. The maximum atomic E-state index is 12.9. The van der Waals surface area contributed by atoms with E-state index in [1.807, 2.05) is 18.2 Å². The number of hydrogen-bond acceptors (Lipinski definition) is 8. The van der Waals surface area contributed by atoms with Crippen LogP contribution in [0, 0.1) is 10.1 Å². The summed E-state index contributed by atoms with van der Waals surface area (Å²) in [5.74, 6) is 1.76. The molecule has 0 radical (unpaired) electrons. The van der Waals surface area contributed by atoms with Gasteiger partial charge in [0.15, 0.2) is 23.0 Å². The van der Waals surface area contributed by atoms with Gasteiger partial charge < -0.3 is 24.3 Å². The number of nitro groups is 1. The summed E-state index contributed by atoms with van der Waals surface area (Å²) >= 11 is 0. The van der Waals surface area contributed by atoms with Crippen LogP contribution in [0.1, 0.15) is 16.8 Å². The maximum absolute atomic E-state index is 12.9. The summed E-state index contributed by atoms with van der Waals surface area (Å²) in [6.07, 6.45) is 5.02. The number of methoxy groups -OCH3 is 4. The zero-order chi connectivity index (χ0) is 27.9. The van der Waals surface area contributed by atoms with Crippen molar-refractivity contribution in [3.05, 3.63) is 93.8 Å². The topological polar surface area (TPSA) is 122 Å². The Kier molecular flexibility index (Phi) is 8.25. The van der Waals surface area contributed by atoms with Crippen molar-refractivity contribution >= 4 is 34.1 Å². The van der Waals surface area contributed by atoms with Crippen LogP contribution in [0.4, 0.5) is 11.4 Å². The predicted octanol–water partition coefficient (Wildman–Crippen LogP) is 5.42. The van der Waals surface area contributed by atoms with Crippen LogP contribution in [0.2, 0.25) is 0 Å². The molecule has 4 aromatic rings. The van der Waals surface area contributed by atoms with Gasteiger partial charge in [-0.05, 0) is 59.0 Å². The first-order valence-corrected chi connectivity index (χ1v) is 11.8. The number of ether oxygens (including phenoxy) is 4. The van der Waals surface area contributed by atoms with Crippen LogP contribution in [-0.4, -0.2) is 44.3 Å². The zero-order valence-corrected chi connectivity index (χ0v) is 21.9. The fourth-order valence-corrected chi connectivity index (χ4v) is 4.12. The monoisotopic (exact) mass is 529 g/mol. The molecule has 1 amide bonds. The van der Waals surface area contributed by atoms with E-state index in [9.17, 15) is 14.9 Å². The molecular formula is C29H27N3O7. The van der Waals surface area contributed by atoms with E-state index in [0.717, 1.165) is 22.0 Å². The third kappa shape index (κ3) is 6.07. The molecule has 1 heterocycles. The SMILES string of the molecule is COc1cc(Cc2nccc3cc(OC)c(OC)cc23)c(NC(=O)/C=C/c2ccc([N+](=O)[O-])cc2)cc1OC. The molecule has 0 bridgehead atoms. The number of rotatable bonds is 10. The first kappa shape index (κ1) is 26.9. The van der Waals surface area contributed by atoms with Crippen LogP contribution in [0.5, 0.6) is 23.0 Å². The van der Waals surface area contributed by atoms with E-state index in [1.54, 1.807) is 57.9 Å². The van der Waals surface area contributed by atoms with Gasteiger partial charge in [0.1, 0.15) is 0 Å². The summed E-state index contributed by atoms with van der Waals surface area (Å²) in [6.45, 7) is 0. The number of nitrogens with one attached hydrogen (secondary N) is 1. The number of aromatic nitrogens is 1. The van der Waals surface area contributed by atoms with Crippen molar-refractivity contribution in [2.45, 2.75) is 6.42 Å². The lowest BCUT2D eigenvalue weighted by atomic mass is 10.0. The van der Waals surface area contributed by atoms with E-state index in [1.165, 1.54) is 25.3 Å². The Morgan fingerprint density at radius 3 is 2.15 bits per heavy atom. The normalized spacial score (nSPS) is 10.9. The van der Waals surface area contributed by atoms with Crippen LogP contribution in [0.15, 0.2) is 66.9 Å². The van der Waals surface area contributed by atoms with Gasteiger partial charge in [0.2, 0.25) is 5.91 Å². The molecule has 3 aromatic carbocycles. The van der Waals surface area contributed by atoms with Crippen molar-refractivity contribution in [2.24, 2.45) is 0 Å². The van der Waals surface area contributed by atoms with E-state index in [0.29, 0.717) is 40.7 Å². The van der Waals surface area contributed by atoms with Gasteiger partial charge >= 0.3 is 0 Å². The second-order valence-electron chi connectivity index (χ2n) is 8.40. The number of carbonyl (C=O) groups excluding carboxylic acids is 1. The predicted molar refractivity (Wildman–Crippen MR) is 148 cm³/mol. The molecule has 0 fully saturated rings. The van der Waals surface area contributed by atoms with Gasteiger partial charge in [-0.25, -0.2) is 0 Å². The smallest absolute Gasteiger partial charge is 0.269 e. The molecule has 0 saturated heterocycles. The van der Waals surface area contributed by atoms with E-state index in [2.05, 4.69) is 10.3 Å². The van der Waals surface area contributed by atoms with Crippen molar-refractivity contribution in [1.82, 2.24) is 4.98 Å². The van der Waals surface area contributed by atoms with E-state index in [-0.39, 0.29) is 11.6 Å². The Bertz CT molecular complexity index is 1550. The standard InChI is InChI=1S/C29H27N3O7/c1-36-25-14-19-11-12-30-24(22(19)16-27(25)38-3)13-20-15-26(37-2)28(39-4)17-23(20)31-29(33)10-7-18-5-8-21(9-6-18)32(34)35/h5-12,14-17H,13H2,1-4H3,(H,31,33)/b10-7+. The van der Waals surface area contributed by atoms with Gasteiger partial charge in [-0.1, -0.05) is 0 Å². The quantitative estimate of drug-likeness (QED) is 0.164. The highest BCUT2D eigenvalue weighted by molar-refractivity contribution is 6.02. The Morgan fingerprint density at radius 1 is 0.897 bits per heavy atom. The number of benzene rings is 3. The number of non-ortho nitro benzene ring substituents is 1. The van der Waals surface area contributed by atoms with Crippen LogP contribution >= 0.6 is 0 Å². The molecule has 0 unspecified atom stereocenters. The molecule has 0 aliphatic rings. The molecule has 10 nitrogen and oxygen atoms in total. The van der Waals surface area contributed by atoms with Crippen LogP contribution in [0.3, 0.4) is 0 Å². The summed E-state index contributed by atoms with van der Waals surface area (Å²) < 4.78 is 21.9. The van der Waals surface area contributed by atoms with Crippen molar-refractivity contribution in [3.63, 3.8) is 0 Å². The van der Waals surface area contributed by atoms with Gasteiger partial charge in [0.25, 0.3) is 5.69 Å². The number of amides is 1. The number of carbonyl (C=O) groups is 1. The molecule has 0 aliphatic carbocycles. The van der Waals surface area contributed by atoms with Gasteiger partial charge in [0, 0.05) is 48.0 Å². The highest BCUT2D eigenvalue weighted by Gasteiger charge is 2.16. The van der Waals surface area contributed by atoms with Crippen molar-refractivity contribution in [1.29, 1.82) is 0 Å². The van der Waals surface area contributed by atoms with Gasteiger partial charge in [-0.3, -0.25) is 19.9 Å². The van der Waals surface area contributed by atoms with Gasteiger partial charge in [0.05, 0.1) is 39.1 Å². The van der Waals surface area contributed by atoms with E-state index in [4.69, 9.17) is 18.9 Å². The summed E-state index contributed by atoms with van der Waals surface area (Å²) in [5.41, 5.74) is 2.65. The van der Waals surface area contributed by atoms with Gasteiger partial charge in [-0.2, -0.15) is 0 Å². The molecule has 10 heteroatoms. The number of nitro benzene ring substituents is 1. The van der Waals surface area contributed by atoms with Crippen molar-refractivity contribution in [3.8, 4) is 23.0 Å². The third-order valence-electron chi connectivity index (χ3n) is 6.11. The Labute approximate surface area is 224 Å². The Morgan fingerprint density at radius 2 is 1.51 bits per heavy atom. The van der Waals surface area contributed by atoms with Crippen LogP contribution < -0.4 is 24.3 Å². The molecule has 1 aromatic heterocycles. The van der Waals surface area contributed by atoms with Crippen molar-refractivity contribution < 1.29 is 28.7 Å². The minimum absolute atomic E-state index is 0.0234. The second-order valence-corrected chi connectivity index (χ2v) is 8.40. The first-order valence-electron chi connectivity index (χ1n) is 11.8. The lowest BCUT2D eigenvalue weighted by molar-refractivity contribution is -0.384. The fourth-order valence-electron chi connectivity index (χ4n) is 4.12. The van der Waals surface area contributed by atoms with Crippen molar-refractivity contribution in [2.75, 3.05) is 33.8 Å². The summed E-state index contributed by atoms with van der Waals surface area (Å²) in [6, 6.07) is 15.1. The summed E-state index contributed by atoms with van der Waals surface area (Å²) in [4.78, 5) is 27.9.